The minimum Gasteiger partial charge on any atom is -0.466 e. The van der Waals surface area contributed by atoms with Gasteiger partial charge in [-0.05, 0) is 18.9 Å². The van der Waals surface area contributed by atoms with Crippen molar-refractivity contribution in [1.29, 1.82) is 0 Å². The Morgan fingerprint density at radius 3 is 2.62 bits per heavy atom. The molecule has 2 fully saturated rings. The zero-order valence-electron chi connectivity index (χ0n) is 13.9. The Balaban J connectivity index is 1.79. The van der Waals surface area contributed by atoms with E-state index in [2.05, 4.69) is 22.9 Å². The summed E-state index contributed by atoms with van der Waals surface area (Å²) in [7, 11) is 0. The molecule has 5 nitrogen and oxygen atoms in total. The van der Waals surface area contributed by atoms with Crippen molar-refractivity contribution in [2.24, 2.45) is 0 Å². The van der Waals surface area contributed by atoms with Gasteiger partial charge in [0.1, 0.15) is 6.10 Å². The minimum atomic E-state index is -0.732. The number of epoxide rings is 1. The summed E-state index contributed by atoms with van der Waals surface area (Å²) in [5, 5.41) is 0. The van der Waals surface area contributed by atoms with Gasteiger partial charge in [-0.1, -0.05) is 53.2 Å². The van der Waals surface area contributed by atoms with Crippen molar-refractivity contribution in [3.63, 3.8) is 0 Å². The smallest absolute Gasteiger partial charge is 0.307 e. The lowest BCUT2D eigenvalue weighted by Gasteiger charge is -2.53. The molecule has 1 amide bonds. The normalized spacial score (nSPS) is 31.5. The quantitative estimate of drug-likeness (QED) is 0.308. The van der Waals surface area contributed by atoms with E-state index in [9.17, 15) is 9.59 Å². The number of benzene rings is 1. The number of carbonyl (C=O) groups is 2. The molecule has 3 rings (SSSR count). The first-order valence-electron chi connectivity index (χ1n) is 8.40. The van der Waals surface area contributed by atoms with E-state index < -0.39 is 4.32 Å². The fourth-order valence-corrected chi connectivity index (χ4v) is 4.59. The Morgan fingerprint density at radius 1 is 1.33 bits per heavy atom. The van der Waals surface area contributed by atoms with Crippen LogP contribution in [-0.4, -0.2) is 46.5 Å². The molecule has 0 aromatic heterocycles. The third kappa shape index (κ3) is 2.86. The van der Waals surface area contributed by atoms with Crippen LogP contribution in [0.15, 0.2) is 30.3 Å². The molecule has 0 spiro atoms. The van der Waals surface area contributed by atoms with Crippen molar-refractivity contribution in [3.05, 3.63) is 35.9 Å². The highest BCUT2D eigenvalue weighted by atomic mass is 79.9. The minimum absolute atomic E-state index is 0.0124. The van der Waals surface area contributed by atoms with E-state index in [1.165, 1.54) is 0 Å². The Kier molecular flexibility index (Phi) is 4.97. The fourth-order valence-electron chi connectivity index (χ4n) is 3.45. The monoisotopic (exact) mass is 395 g/mol. The number of hydrogen-bond donors (Lipinski definition) is 0. The number of ether oxygens (including phenoxy) is 2. The summed E-state index contributed by atoms with van der Waals surface area (Å²) in [5.41, 5.74) is 1.04. The van der Waals surface area contributed by atoms with Crippen LogP contribution in [0.3, 0.4) is 0 Å². The van der Waals surface area contributed by atoms with Crippen LogP contribution in [0.25, 0.3) is 0 Å². The number of β-lactam (4-membered cyclic amide) rings is 1. The second kappa shape index (κ2) is 6.84. The number of alkyl halides is 1. The molecule has 4 atom stereocenters. The van der Waals surface area contributed by atoms with Gasteiger partial charge in [-0.25, -0.2) is 0 Å². The molecule has 0 bridgehead atoms. The third-order valence-electron chi connectivity index (χ3n) is 4.67. The van der Waals surface area contributed by atoms with Crippen LogP contribution >= 0.6 is 15.9 Å². The average molecular weight is 396 g/mol. The Morgan fingerprint density at radius 2 is 2.04 bits per heavy atom. The van der Waals surface area contributed by atoms with Gasteiger partial charge in [0.05, 0.1) is 25.2 Å². The third-order valence-corrected chi connectivity index (χ3v) is 5.90. The SMILES string of the molecule is CCOC(=O)CCN1C(=O)[C@@](Br)([C@H]2O[C@@H]2CC)[C@@H]1c1ccccc1. The molecule has 0 aliphatic carbocycles. The number of amides is 1. The van der Waals surface area contributed by atoms with E-state index in [4.69, 9.17) is 9.47 Å². The van der Waals surface area contributed by atoms with E-state index in [0.717, 1.165) is 12.0 Å². The molecule has 0 N–H and O–H groups in total. The van der Waals surface area contributed by atoms with Gasteiger partial charge in [-0.3, -0.25) is 9.59 Å². The number of likely N-dealkylation sites (tertiary alicyclic amines) is 1. The van der Waals surface area contributed by atoms with Crippen LogP contribution in [0.1, 0.15) is 38.3 Å². The molecule has 1 aromatic rings. The Bertz CT molecular complexity index is 623. The predicted molar refractivity (Wildman–Crippen MR) is 92.8 cm³/mol. The van der Waals surface area contributed by atoms with Gasteiger partial charge in [0, 0.05) is 6.54 Å². The van der Waals surface area contributed by atoms with Crippen molar-refractivity contribution < 1.29 is 19.1 Å². The summed E-state index contributed by atoms with van der Waals surface area (Å²) in [4.78, 5) is 26.2. The lowest BCUT2D eigenvalue weighted by Crippen LogP contribution is -2.68. The summed E-state index contributed by atoms with van der Waals surface area (Å²) in [6.45, 7) is 4.54. The van der Waals surface area contributed by atoms with Gasteiger partial charge >= 0.3 is 5.97 Å². The number of carbonyl (C=O) groups excluding carboxylic acids is 2. The molecule has 6 heteroatoms. The molecular weight excluding hydrogens is 374 g/mol. The fraction of sp³-hybridized carbons (Fsp3) is 0.556. The van der Waals surface area contributed by atoms with Crippen LogP contribution in [0.5, 0.6) is 0 Å². The summed E-state index contributed by atoms with van der Waals surface area (Å²) in [5.74, 6) is -0.292. The molecular formula is C18H22BrNO4. The Hall–Kier alpha value is -1.40. The van der Waals surface area contributed by atoms with Crippen molar-refractivity contribution in [1.82, 2.24) is 4.90 Å². The van der Waals surface area contributed by atoms with E-state index in [0.29, 0.717) is 13.2 Å². The molecule has 2 heterocycles. The number of nitrogens with zero attached hydrogens (tertiary/aromatic N) is 1. The van der Waals surface area contributed by atoms with E-state index in [1.54, 1.807) is 11.8 Å². The van der Waals surface area contributed by atoms with Crippen molar-refractivity contribution in [2.45, 2.75) is 49.3 Å². The molecule has 130 valence electrons. The number of hydrogen-bond acceptors (Lipinski definition) is 4. The summed E-state index contributed by atoms with van der Waals surface area (Å²) in [6, 6.07) is 9.75. The number of esters is 1. The largest absolute Gasteiger partial charge is 0.466 e. The van der Waals surface area contributed by atoms with Crippen LogP contribution in [0, 0.1) is 0 Å². The van der Waals surface area contributed by atoms with Crippen molar-refractivity contribution >= 4 is 27.8 Å². The summed E-state index contributed by atoms with van der Waals surface area (Å²) >= 11 is 3.69. The summed E-state index contributed by atoms with van der Waals surface area (Å²) < 4.78 is 9.96. The first-order chi connectivity index (χ1) is 11.5. The molecule has 0 unspecified atom stereocenters. The summed E-state index contributed by atoms with van der Waals surface area (Å²) in [6.07, 6.45) is 1.09. The lowest BCUT2D eigenvalue weighted by atomic mass is 9.78. The molecule has 2 aliphatic heterocycles. The standard InChI is InChI=1S/C18H22BrNO4/c1-3-13-16(24-13)18(19)15(12-8-6-5-7-9-12)20(17(18)22)11-10-14(21)23-4-2/h5-9,13,15-16H,3-4,10-11H2,1-2H3/t13-,15+,16+,18+/m1/s1. The lowest BCUT2D eigenvalue weighted by molar-refractivity contribution is -0.155. The van der Waals surface area contributed by atoms with Gasteiger partial charge in [-0.2, -0.15) is 0 Å². The van der Waals surface area contributed by atoms with Gasteiger partial charge in [0.15, 0.2) is 4.32 Å². The molecule has 2 saturated heterocycles. The first kappa shape index (κ1) is 17.4. The van der Waals surface area contributed by atoms with Crippen molar-refractivity contribution in [3.8, 4) is 0 Å². The predicted octanol–water partition coefficient (Wildman–Crippen LogP) is 2.83. The number of halogens is 1. The molecule has 0 saturated carbocycles. The highest BCUT2D eigenvalue weighted by molar-refractivity contribution is 9.10. The molecule has 0 radical (unpaired) electrons. The van der Waals surface area contributed by atoms with Crippen LogP contribution < -0.4 is 0 Å². The first-order valence-corrected chi connectivity index (χ1v) is 9.19. The van der Waals surface area contributed by atoms with Crippen molar-refractivity contribution in [2.75, 3.05) is 13.2 Å². The van der Waals surface area contributed by atoms with E-state index >= 15 is 0 Å². The molecule has 2 aliphatic rings. The van der Waals surface area contributed by atoms with E-state index in [-0.39, 0.29) is 36.5 Å². The van der Waals surface area contributed by atoms with Crippen LogP contribution in [-0.2, 0) is 19.1 Å². The maximum atomic E-state index is 12.8. The average Bonchev–Trinajstić information content (AvgIpc) is 3.38. The highest BCUT2D eigenvalue weighted by Gasteiger charge is 2.70. The van der Waals surface area contributed by atoms with Gasteiger partial charge in [0.2, 0.25) is 5.91 Å². The maximum absolute atomic E-state index is 12.8. The van der Waals surface area contributed by atoms with Gasteiger partial charge < -0.3 is 14.4 Å². The Labute approximate surface area is 150 Å². The van der Waals surface area contributed by atoms with E-state index in [1.807, 2.05) is 30.3 Å². The number of rotatable bonds is 7. The van der Waals surface area contributed by atoms with Crippen LogP contribution in [0.4, 0.5) is 0 Å². The zero-order valence-corrected chi connectivity index (χ0v) is 15.5. The maximum Gasteiger partial charge on any atom is 0.307 e. The van der Waals surface area contributed by atoms with Gasteiger partial charge in [0.25, 0.3) is 0 Å². The second-order valence-electron chi connectivity index (χ2n) is 6.14. The second-order valence-corrected chi connectivity index (χ2v) is 7.45. The topological polar surface area (TPSA) is 59.1 Å². The highest BCUT2D eigenvalue weighted by Crippen LogP contribution is 2.57. The van der Waals surface area contributed by atoms with Gasteiger partial charge in [-0.15, -0.1) is 0 Å². The zero-order chi connectivity index (χ0) is 17.3. The molecule has 24 heavy (non-hydrogen) atoms. The molecule has 1 aromatic carbocycles. The van der Waals surface area contributed by atoms with Crippen LogP contribution in [0.2, 0.25) is 0 Å².